The smallest absolute Gasteiger partial charge is 0.333 e. The minimum atomic E-state index is -4.18. The molecule has 1 aromatic carbocycles. The summed E-state index contributed by atoms with van der Waals surface area (Å²) in [6.45, 7) is 0. The molecule has 2 aliphatic rings. The second-order valence-electron chi connectivity index (χ2n) is 8.46. The summed E-state index contributed by atoms with van der Waals surface area (Å²) in [7, 11) is -2.71. The third-order valence-corrected chi connectivity index (χ3v) is 7.60. The van der Waals surface area contributed by atoms with Gasteiger partial charge < -0.3 is 10.1 Å². The maximum Gasteiger partial charge on any atom is 0.333 e. The molecule has 0 spiro atoms. The number of carbonyl (C=O) groups is 1. The van der Waals surface area contributed by atoms with E-state index in [1.54, 1.807) is 23.0 Å². The number of fused-ring (bicyclic) bond motifs is 1. The van der Waals surface area contributed by atoms with Crippen LogP contribution in [-0.4, -0.2) is 65.9 Å². The van der Waals surface area contributed by atoms with E-state index >= 15 is 0 Å². The van der Waals surface area contributed by atoms with Crippen molar-refractivity contribution < 1.29 is 22.3 Å². The van der Waals surface area contributed by atoms with Gasteiger partial charge in [-0.1, -0.05) is 0 Å². The van der Waals surface area contributed by atoms with Crippen LogP contribution in [0.25, 0.3) is 11.1 Å². The van der Waals surface area contributed by atoms with Gasteiger partial charge in [0.15, 0.2) is 5.03 Å². The summed E-state index contributed by atoms with van der Waals surface area (Å²) >= 11 is 0. The van der Waals surface area contributed by atoms with E-state index in [2.05, 4.69) is 15.4 Å². The van der Waals surface area contributed by atoms with Gasteiger partial charge in [0, 0.05) is 53.6 Å². The van der Waals surface area contributed by atoms with E-state index in [0.717, 1.165) is 25.7 Å². The Balaban J connectivity index is 0.00000289. The van der Waals surface area contributed by atoms with E-state index in [9.17, 15) is 17.6 Å². The van der Waals surface area contributed by atoms with Crippen molar-refractivity contribution in [1.29, 1.82) is 0 Å². The van der Waals surface area contributed by atoms with Crippen LogP contribution in [0.2, 0.25) is 0 Å². The number of nitrogens with zero attached hydrogens (tertiary/aromatic N) is 3. The maximum atomic E-state index is 14.8. The standard InChI is InChI=1S/C23H24FN5O4S.Na/c1-33-20-12-14(8-10-25-20)18-13-19(24)16-6-3-7-17(16)22(18)26-23(30)28-34(31,32)21-9-11-29(27-21)15-4-2-5-15;/h8-13,15H,2-7H2,1H3,(H2,26,28,30);. The fourth-order valence-electron chi connectivity index (χ4n) is 4.42. The van der Waals surface area contributed by atoms with Crippen molar-refractivity contribution in [3.63, 3.8) is 0 Å². The number of pyridine rings is 1. The first kappa shape index (κ1) is 25.6. The van der Waals surface area contributed by atoms with Gasteiger partial charge in [-0.2, -0.15) is 13.5 Å². The number of hydrogen-bond donors (Lipinski definition) is 2. The Morgan fingerprint density at radius 1 is 1.17 bits per heavy atom. The number of anilines is 1. The molecular weight excluding hydrogens is 484 g/mol. The average Bonchev–Trinajstić information content (AvgIpc) is 3.45. The van der Waals surface area contributed by atoms with Gasteiger partial charge >= 0.3 is 6.03 Å². The summed E-state index contributed by atoms with van der Waals surface area (Å²) in [5, 5.41) is 6.57. The summed E-state index contributed by atoms with van der Waals surface area (Å²) in [6.07, 6.45) is 7.97. The van der Waals surface area contributed by atoms with Crippen LogP contribution < -0.4 is 14.8 Å². The van der Waals surface area contributed by atoms with Gasteiger partial charge in [-0.3, -0.25) is 4.68 Å². The Morgan fingerprint density at radius 2 is 1.94 bits per heavy atom. The van der Waals surface area contributed by atoms with Crippen molar-refractivity contribution in [3.8, 4) is 17.0 Å². The Kier molecular flexibility index (Phi) is 7.51. The van der Waals surface area contributed by atoms with Crippen molar-refractivity contribution in [2.24, 2.45) is 0 Å². The topological polar surface area (TPSA) is 115 Å². The summed E-state index contributed by atoms with van der Waals surface area (Å²) in [4.78, 5) is 16.9. The molecule has 2 aliphatic carbocycles. The fraction of sp³-hybridized carbons (Fsp3) is 0.348. The third kappa shape index (κ3) is 5.09. The largest absolute Gasteiger partial charge is 0.481 e. The molecule has 9 nitrogen and oxygen atoms in total. The van der Waals surface area contributed by atoms with Crippen LogP contribution in [0.5, 0.6) is 5.88 Å². The Bertz CT molecular complexity index is 1370. The Hall–Kier alpha value is -2.47. The fourth-order valence-corrected chi connectivity index (χ4v) is 5.26. The first-order chi connectivity index (χ1) is 16.4. The monoisotopic (exact) mass is 508 g/mol. The summed E-state index contributed by atoms with van der Waals surface area (Å²) in [6, 6.07) is 5.27. The molecule has 179 valence electrons. The number of urea groups is 1. The second kappa shape index (κ2) is 10.3. The van der Waals surface area contributed by atoms with Crippen LogP contribution >= 0.6 is 0 Å². The van der Waals surface area contributed by atoms with Crippen LogP contribution in [0.3, 0.4) is 0 Å². The number of aromatic nitrogens is 3. The maximum absolute atomic E-state index is 14.8. The van der Waals surface area contributed by atoms with Crippen molar-refractivity contribution in [1.82, 2.24) is 19.5 Å². The van der Waals surface area contributed by atoms with Crippen molar-refractivity contribution in [2.75, 3.05) is 12.4 Å². The molecule has 0 atom stereocenters. The van der Waals surface area contributed by atoms with E-state index in [-0.39, 0.29) is 46.4 Å². The minimum Gasteiger partial charge on any atom is -0.481 e. The second-order valence-corrected chi connectivity index (χ2v) is 10.1. The summed E-state index contributed by atoms with van der Waals surface area (Å²) in [5.41, 5.74) is 2.56. The zero-order chi connectivity index (χ0) is 23.9. The number of rotatable bonds is 6. The van der Waals surface area contributed by atoms with Gasteiger partial charge in [0.25, 0.3) is 10.0 Å². The predicted molar refractivity (Wildman–Crippen MR) is 128 cm³/mol. The Labute approximate surface area is 224 Å². The molecule has 1 saturated carbocycles. The molecule has 12 heteroatoms. The number of hydrogen-bond acceptors (Lipinski definition) is 6. The molecule has 0 saturated heterocycles. The first-order valence-corrected chi connectivity index (χ1v) is 12.6. The zero-order valence-electron chi connectivity index (χ0n) is 19.5. The molecule has 2 heterocycles. The van der Waals surface area contributed by atoms with Gasteiger partial charge in [-0.25, -0.2) is 18.9 Å². The number of sulfonamides is 1. The molecule has 0 bridgehead atoms. The molecule has 2 amide bonds. The normalized spacial score (nSPS) is 15.0. The van der Waals surface area contributed by atoms with Gasteiger partial charge in [-0.05, 0) is 73.4 Å². The zero-order valence-corrected chi connectivity index (χ0v) is 22.4. The number of ether oxygens (including phenoxy) is 1. The molecule has 0 unspecified atom stereocenters. The van der Waals surface area contributed by atoms with Crippen molar-refractivity contribution in [3.05, 3.63) is 53.6 Å². The summed E-state index contributed by atoms with van der Waals surface area (Å²) < 4.78 is 49.2. The van der Waals surface area contributed by atoms with Gasteiger partial charge in [0.2, 0.25) is 5.88 Å². The number of amides is 2. The molecule has 35 heavy (non-hydrogen) atoms. The van der Waals surface area contributed by atoms with E-state index in [1.165, 1.54) is 25.4 Å². The number of carbonyl (C=O) groups excluding carboxylic acids is 1. The first-order valence-electron chi connectivity index (χ1n) is 11.1. The van der Waals surface area contributed by atoms with Crippen LogP contribution in [0, 0.1) is 5.82 Å². The van der Waals surface area contributed by atoms with E-state index in [4.69, 9.17) is 4.74 Å². The van der Waals surface area contributed by atoms with Crippen molar-refractivity contribution >= 4 is 51.3 Å². The van der Waals surface area contributed by atoms with Gasteiger partial charge in [0.05, 0.1) is 18.8 Å². The minimum absolute atomic E-state index is 0. The molecule has 2 aromatic heterocycles. The molecule has 0 aliphatic heterocycles. The molecule has 2 N–H and O–H groups in total. The molecule has 5 rings (SSSR count). The number of halogens is 1. The number of nitrogens with one attached hydrogen (secondary N) is 2. The quantitative estimate of drug-likeness (QED) is 0.493. The number of methoxy groups -OCH3 is 1. The molecule has 1 radical (unpaired) electrons. The molecular formula is C23H24FN5NaO4S. The van der Waals surface area contributed by atoms with E-state index in [0.29, 0.717) is 46.7 Å². The van der Waals surface area contributed by atoms with Gasteiger partial charge in [0.1, 0.15) is 5.82 Å². The van der Waals surface area contributed by atoms with E-state index in [1.807, 2.05) is 4.72 Å². The SMILES string of the molecule is COc1cc(-c2cc(F)c3c(c2NC(=O)NS(=O)(=O)c2ccn(C4CCC4)n2)CCC3)ccn1.[Na]. The van der Waals surface area contributed by atoms with Gasteiger partial charge in [-0.15, -0.1) is 0 Å². The Morgan fingerprint density at radius 3 is 2.66 bits per heavy atom. The summed E-state index contributed by atoms with van der Waals surface area (Å²) in [5.74, 6) is -0.0307. The predicted octanol–water partition coefficient (Wildman–Crippen LogP) is 3.44. The third-order valence-electron chi connectivity index (χ3n) is 6.38. The van der Waals surface area contributed by atoms with Crippen LogP contribution in [0.15, 0.2) is 41.7 Å². The van der Waals surface area contributed by atoms with E-state index < -0.39 is 16.1 Å². The number of benzene rings is 1. The molecule has 3 aromatic rings. The van der Waals surface area contributed by atoms with Crippen LogP contribution in [-0.2, 0) is 22.9 Å². The van der Waals surface area contributed by atoms with Crippen LogP contribution in [0.1, 0.15) is 42.9 Å². The van der Waals surface area contributed by atoms with Crippen LogP contribution in [0.4, 0.5) is 14.9 Å². The molecule has 1 fully saturated rings. The van der Waals surface area contributed by atoms with Crippen molar-refractivity contribution in [2.45, 2.75) is 49.6 Å². The average molecular weight is 509 g/mol.